The maximum absolute atomic E-state index is 12.7. The largest absolute Gasteiger partial charge is 0.455 e. The van der Waals surface area contributed by atoms with Crippen LogP contribution in [0.2, 0.25) is 0 Å². The van der Waals surface area contributed by atoms with Crippen molar-refractivity contribution in [2.24, 2.45) is 5.41 Å². The van der Waals surface area contributed by atoms with Crippen LogP contribution in [0.1, 0.15) is 61.3 Å². The van der Waals surface area contributed by atoms with Gasteiger partial charge in [0.2, 0.25) is 0 Å². The molecule has 6 heteroatoms. The van der Waals surface area contributed by atoms with E-state index >= 15 is 0 Å². The van der Waals surface area contributed by atoms with Gasteiger partial charge in [-0.25, -0.2) is 0 Å². The molecule has 0 spiro atoms. The minimum Gasteiger partial charge on any atom is -0.455 e. The lowest BCUT2D eigenvalue weighted by Gasteiger charge is -2.40. The maximum Gasteiger partial charge on any atom is 0.287 e. The molecule has 0 radical (unpaired) electrons. The van der Waals surface area contributed by atoms with Gasteiger partial charge in [0.25, 0.3) is 5.91 Å². The first-order valence-electron chi connectivity index (χ1n) is 11.1. The van der Waals surface area contributed by atoms with Crippen molar-refractivity contribution in [3.63, 3.8) is 0 Å². The minimum absolute atomic E-state index is 0.0859. The van der Waals surface area contributed by atoms with Crippen molar-refractivity contribution >= 4 is 5.91 Å². The van der Waals surface area contributed by atoms with Crippen molar-refractivity contribution in [2.75, 3.05) is 52.5 Å². The average Bonchev–Trinajstić information content (AvgIpc) is 3.40. The van der Waals surface area contributed by atoms with E-state index in [2.05, 4.69) is 15.1 Å². The summed E-state index contributed by atoms with van der Waals surface area (Å²) in [4.78, 5) is 17.7. The molecule has 28 heavy (non-hydrogen) atoms. The molecule has 1 N–H and O–H groups in total. The predicted molar refractivity (Wildman–Crippen MR) is 108 cm³/mol. The summed E-state index contributed by atoms with van der Waals surface area (Å²) < 4.78 is 11.5. The topological polar surface area (TPSA) is 58.0 Å². The van der Waals surface area contributed by atoms with Crippen LogP contribution in [0.15, 0.2) is 16.5 Å². The Hall–Kier alpha value is -1.37. The zero-order valence-electron chi connectivity index (χ0n) is 17.1. The number of rotatable bonds is 7. The second-order valence-electron chi connectivity index (χ2n) is 8.88. The zero-order chi connectivity index (χ0) is 19.2. The highest BCUT2D eigenvalue weighted by Crippen LogP contribution is 2.32. The van der Waals surface area contributed by atoms with Crippen LogP contribution in [0.5, 0.6) is 0 Å². The number of ether oxygens (including phenoxy) is 1. The Morgan fingerprint density at radius 2 is 1.64 bits per heavy atom. The first-order chi connectivity index (χ1) is 13.7. The lowest BCUT2D eigenvalue weighted by atomic mass is 9.79. The van der Waals surface area contributed by atoms with Crippen LogP contribution < -0.4 is 5.32 Å². The summed E-state index contributed by atoms with van der Waals surface area (Å²) in [6, 6.07) is 3.78. The van der Waals surface area contributed by atoms with Crippen molar-refractivity contribution in [3.8, 4) is 0 Å². The molecule has 3 saturated heterocycles. The third kappa shape index (κ3) is 5.16. The summed E-state index contributed by atoms with van der Waals surface area (Å²) in [6.07, 6.45) is 8.47. The first-order valence-corrected chi connectivity index (χ1v) is 11.1. The highest BCUT2D eigenvalue weighted by molar-refractivity contribution is 5.91. The molecule has 1 aromatic heterocycles. The average molecular weight is 390 g/mol. The van der Waals surface area contributed by atoms with Crippen molar-refractivity contribution < 1.29 is 13.9 Å². The van der Waals surface area contributed by atoms with E-state index in [1.54, 1.807) is 0 Å². The third-order valence-corrected chi connectivity index (χ3v) is 6.65. The van der Waals surface area contributed by atoms with Gasteiger partial charge in [-0.2, -0.15) is 0 Å². The van der Waals surface area contributed by atoms with E-state index in [0.717, 1.165) is 58.0 Å². The van der Waals surface area contributed by atoms with Crippen molar-refractivity contribution in [3.05, 3.63) is 23.7 Å². The molecule has 6 nitrogen and oxygen atoms in total. The van der Waals surface area contributed by atoms with Gasteiger partial charge in [-0.1, -0.05) is 6.42 Å². The number of nitrogens with zero attached hydrogens (tertiary/aromatic N) is 2. The van der Waals surface area contributed by atoms with Crippen LogP contribution in [0.25, 0.3) is 0 Å². The molecule has 3 aliphatic rings. The lowest BCUT2D eigenvalue weighted by molar-refractivity contribution is -0.000761. The summed E-state index contributed by atoms with van der Waals surface area (Å²) >= 11 is 0. The Balaban J connectivity index is 1.31. The fourth-order valence-corrected chi connectivity index (χ4v) is 4.89. The van der Waals surface area contributed by atoms with Crippen LogP contribution in [0.4, 0.5) is 0 Å². The fraction of sp³-hybridized carbons (Fsp3) is 0.773. The summed E-state index contributed by atoms with van der Waals surface area (Å²) in [5, 5.41) is 3.17. The molecule has 0 aliphatic carbocycles. The summed E-state index contributed by atoms with van der Waals surface area (Å²) in [5.74, 6) is 1.25. The fourth-order valence-electron chi connectivity index (χ4n) is 4.89. The number of nitrogens with one attached hydrogen (secondary N) is 1. The molecule has 4 rings (SSSR count). The van der Waals surface area contributed by atoms with Gasteiger partial charge in [0.05, 0.1) is 6.54 Å². The Bertz CT molecular complexity index is 627. The molecule has 156 valence electrons. The number of furan rings is 1. The Morgan fingerprint density at radius 1 is 0.964 bits per heavy atom. The van der Waals surface area contributed by atoms with Crippen molar-refractivity contribution in [1.82, 2.24) is 15.1 Å². The Morgan fingerprint density at radius 3 is 2.39 bits per heavy atom. The smallest absolute Gasteiger partial charge is 0.287 e. The van der Waals surface area contributed by atoms with Gasteiger partial charge < -0.3 is 19.4 Å². The van der Waals surface area contributed by atoms with Gasteiger partial charge in [-0.05, 0) is 76.8 Å². The quantitative estimate of drug-likeness (QED) is 0.777. The summed E-state index contributed by atoms with van der Waals surface area (Å²) in [6.45, 7) is 8.80. The van der Waals surface area contributed by atoms with Crippen molar-refractivity contribution in [2.45, 2.75) is 51.5 Å². The molecular formula is C22H35N3O3. The van der Waals surface area contributed by atoms with Gasteiger partial charge in [0, 0.05) is 31.7 Å². The number of amides is 1. The van der Waals surface area contributed by atoms with Crippen LogP contribution in [-0.2, 0) is 11.3 Å². The van der Waals surface area contributed by atoms with Gasteiger partial charge in [0.15, 0.2) is 5.76 Å². The molecule has 1 aromatic rings. The molecule has 4 heterocycles. The van der Waals surface area contributed by atoms with E-state index in [-0.39, 0.29) is 11.3 Å². The van der Waals surface area contributed by atoms with Gasteiger partial charge >= 0.3 is 0 Å². The van der Waals surface area contributed by atoms with Gasteiger partial charge in [0.1, 0.15) is 5.76 Å². The number of piperidine rings is 1. The molecule has 0 atom stereocenters. The standard InChI is InChI=1S/C22H35N3O3/c26-21(20-7-6-19(28-20)16-24-10-2-1-3-11-24)23-17-22(8-14-27-15-9-22)18-25-12-4-5-13-25/h6-7H,1-5,8-18H2,(H,23,26). The van der Waals surface area contributed by atoms with E-state index in [1.165, 1.54) is 45.2 Å². The molecule has 3 fully saturated rings. The zero-order valence-corrected chi connectivity index (χ0v) is 17.1. The second kappa shape index (κ2) is 9.42. The second-order valence-corrected chi connectivity index (χ2v) is 8.88. The number of likely N-dealkylation sites (tertiary alicyclic amines) is 2. The van der Waals surface area contributed by atoms with E-state index in [0.29, 0.717) is 12.3 Å². The Kier molecular flexibility index (Phi) is 6.70. The first kappa shape index (κ1) is 19.9. The number of carbonyl (C=O) groups is 1. The van der Waals surface area contributed by atoms with Crippen LogP contribution in [0, 0.1) is 5.41 Å². The molecule has 0 unspecified atom stereocenters. The molecule has 0 aromatic carbocycles. The number of hydrogen-bond donors (Lipinski definition) is 1. The number of carbonyl (C=O) groups excluding carboxylic acids is 1. The highest BCUT2D eigenvalue weighted by Gasteiger charge is 2.35. The molecular weight excluding hydrogens is 354 g/mol. The predicted octanol–water partition coefficient (Wildman–Crippen LogP) is 2.89. The normalized spacial score (nSPS) is 23.7. The van der Waals surface area contributed by atoms with Crippen molar-refractivity contribution in [1.29, 1.82) is 0 Å². The van der Waals surface area contributed by atoms with Gasteiger partial charge in [-0.3, -0.25) is 9.69 Å². The SMILES string of the molecule is O=C(NCC1(CN2CCCC2)CCOCC1)c1ccc(CN2CCCCC2)o1. The van der Waals surface area contributed by atoms with E-state index in [9.17, 15) is 4.79 Å². The summed E-state index contributed by atoms with van der Waals surface area (Å²) in [5.41, 5.74) is 0.126. The van der Waals surface area contributed by atoms with E-state index < -0.39 is 0 Å². The Labute approximate surface area is 168 Å². The molecule has 3 aliphatic heterocycles. The van der Waals surface area contributed by atoms with Gasteiger partial charge in [-0.15, -0.1) is 0 Å². The molecule has 1 amide bonds. The van der Waals surface area contributed by atoms with Crippen LogP contribution in [-0.4, -0.2) is 68.2 Å². The van der Waals surface area contributed by atoms with E-state index in [4.69, 9.17) is 9.15 Å². The van der Waals surface area contributed by atoms with Crippen LogP contribution in [0.3, 0.4) is 0 Å². The van der Waals surface area contributed by atoms with E-state index in [1.807, 2.05) is 12.1 Å². The molecule has 0 saturated carbocycles. The monoisotopic (exact) mass is 389 g/mol. The summed E-state index contributed by atoms with van der Waals surface area (Å²) in [7, 11) is 0. The number of hydrogen-bond acceptors (Lipinski definition) is 5. The maximum atomic E-state index is 12.7. The molecule has 0 bridgehead atoms. The third-order valence-electron chi connectivity index (χ3n) is 6.65. The minimum atomic E-state index is -0.0859. The van der Waals surface area contributed by atoms with Crippen LogP contribution >= 0.6 is 0 Å². The lowest BCUT2D eigenvalue weighted by Crippen LogP contribution is -2.48. The highest BCUT2D eigenvalue weighted by atomic mass is 16.5.